The molecule has 6 nitrogen and oxygen atoms in total. The fraction of sp³-hybridized carbons (Fsp3) is 0.250. The minimum atomic E-state index is -2.87. The van der Waals surface area contributed by atoms with Crippen molar-refractivity contribution in [3.8, 4) is 17.2 Å². The number of aromatic nitrogens is 4. The normalized spacial score (nSPS) is 14.0. The van der Waals surface area contributed by atoms with Crippen LogP contribution in [0.3, 0.4) is 0 Å². The zero-order valence-electron chi connectivity index (χ0n) is 13.1. The zero-order valence-corrected chi connectivity index (χ0v) is 14.7. The molecule has 2 aromatic heterocycles. The van der Waals surface area contributed by atoms with Crippen molar-refractivity contribution in [2.45, 2.75) is 35.6 Å². The van der Waals surface area contributed by atoms with E-state index in [2.05, 4.69) is 24.9 Å². The molecule has 4 rings (SSSR count). The Kier molecular flexibility index (Phi) is 4.73. The van der Waals surface area contributed by atoms with Gasteiger partial charge in [0.15, 0.2) is 0 Å². The third-order valence-corrected chi connectivity index (χ3v) is 4.51. The highest BCUT2D eigenvalue weighted by Gasteiger charge is 2.27. The second-order valence-corrected chi connectivity index (χ2v) is 6.90. The van der Waals surface area contributed by atoms with Crippen LogP contribution in [0.2, 0.25) is 5.15 Å². The molecule has 26 heavy (non-hydrogen) atoms. The lowest BCUT2D eigenvalue weighted by molar-refractivity contribution is -0.0498. The van der Waals surface area contributed by atoms with E-state index in [-0.39, 0.29) is 11.6 Å². The summed E-state index contributed by atoms with van der Waals surface area (Å²) in [7, 11) is 0. The van der Waals surface area contributed by atoms with E-state index in [9.17, 15) is 8.78 Å². The van der Waals surface area contributed by atoms with Gasteiger partial charge in [-0.25, -0.2) is 9.97 Å². The molecule has 0 unspecified atom stereocenters. The van der Waals surface area contributed by atoms with E-state index in [0.717, 1.165) is 18.7 Å². The van der Waals surface area contributed by atoms with Crippen LogP contribution >= 0.6 is 23.4 Å². The van der Waals surface area contributed by atoms with Gasteiger partial charge in [0, 0.05) is 17.5 Å². The van der Waals surface area contributed by atoms with Gasteiger partial charge in [-0.2, -0.15) is 8.78 Å². The van der Waals surface area contributed by atoms with Crippen LogP contribution in [0.4, 0.5) is 8.78 Å². The first-order valence-corrected chi connectivity index (χ1v) is 8.87. The van der Waals surface area contributed by atoms with E-state index in [1.807, 2.05) is 0 Å². The number of nitrogens with zero attached hydrogens (tertiary/aromatic N) is 4. The Hall–Kier alpha value is -2.26. The van der Waals surface area contributed by atoms with Crippen molar-refractivity contribution in [2.24, 2.45) is 0 Å². The highest BCUT2D eigenvalue weighted by molar-refractivity contribution is 7.99. The summed E-state index contributed by atoms with van der Waals surface area (Å²) in [5.74, 6) is 1.43. The summed E-state index contributed by atoms with van der Waals surface area (Å²) in [6.07, 6.45) is 2.14. The van der Waals surface area contributed by atoms with Gasteiger partial charge in [-0.1, -0.05) is 11.6 Å². The lowest BCUT2D eigenvalue weighted by Gasteiger charge is -2.03. The molecule has 3 aromatic rings. The molecule has 1 saturated carbocycles. The van der Waals surface area contributed by atoms with Crippen LogP contribution in [0.5, 0.6) is 5.75 Å². The largest absolute Gasteiger partial charge is 0.435 e. The number of benzene rings is 1. The monoisotopic (exact) mass is 396 g/mol. The van der Waals surface area contributed by atoms with E-state index in [1.165, 1.54) is 23.9 Å². The fourth-order valence-electron chi connectivity index (χ4n) is 2.23. The number of ether oxygens (including phenoxy) is 1. The average Bonchev–Trinajstić information content (AvgIpc) is 3.35. The second-order valence-electron chi connectivity index (χ2n) is 5.54. The van der Waals surface area contributed by atoms with Gasteiger partial charge in [-0.05, 0) is 48.9 Å². The molecule has 0 amide bonds. The third-order valence-electron chi connectivity index (χ3n) is 3.56. The number of alkyl halides is 2. The minimum absolute atomic E-state index is 0.0566. The summed E-state index contributed by atoms with van der Waals surface area (Å²) in [5, 5.41) is 9.23. The summed E-state index contributed by atoms with van der Waals surface area (Å²) in [6, 6.07) is 7.58. The van der Waals surface area contributed by atoms with E-state index >= 15 is 0 Å². The summed E-state index contributed by atoms with van der Waals surface area (Å²) in [4.78, 5) is 8.69. The molecule has 2 heterocycles. The minimum Gasteiger partial charge on any atom is -0.435 e. The third kappa shape index (κ3) is 4.10. The van der Waals surface area contributed by atoms with E-state index in [0.29, 0.717) is 26.9 Å². The maximum absolute atomic E-state index is 12.2. The van der Waals surface area contributed by atoms with Crippen LogP contribution in [0.25, 0.3) is 11.5 Å². The molecular weight excluding hydrogens is 386 g/mol. The first-order chi connectivity index (χ1) is 12.6. The van der Waals surface area contributed by atoms with Crippen LogP contribution in [0.15, 0.2) is 45.0 Å². The molecule has 10 heteroatoms. The van der Waals surface area contributed by atoms with Crippen LogP contribution < -0.4 is 4.74 Å². The van der Waals surface area contributed by atoms with Crippen molar-refractivity contribution in [1.82, 2.24) is 20.2 Å². The van der Waals surface area contributed by atoms with Gasteiger partial charge in [-0.15, -0.1) is 10.2 Å². The van der Waals surface area contributed by atoms with Crippen molar-refractivity contribution < 1.29 is 17.9 Å². The highest BCUT2D eigenvalue weighted by atomic mass is 35.5. The van der Waals surface area contributed by atoms with Crippen molar-refractivity contribution in [1.29, 1.82) is 0 Å². The number of hydrogen-bond acceptors (Lipinski definition) is 7. The molecule has 0 radical (unpaired) electrons. The summed E-state index contributed by atoms with van der Waals surface area (Å²) in [5.41, 5.74) is 0.588. The van der Waals surface area contributed by atoms with Crippen LogP contribution in [-0.4, -0.2) is 26.8 Å². The predicted molar refractivity (Wildman–Crippen MR) is 89.5 cm³/mol. The number of hydrogen-bond donors (Lipinski definition) is 0. The molecule has 0 bridgehead atoms. The molecule has 1 aromatic carbocycles. The Morgan fingerprint density at radius 3 is 2.62 bits per heavy atom. The molecule has 0 aliphatic heterocycles. The quantitative estimate of drug-likeness (QED) is 0.553. The standard InChI is InChI=1S/C16H11ClF2N4O2S/c17-11-7-12(21-13(20-11)8-1-2-8)26-16-23-22-14(25-16)9-3-5-10(6-4-9)24-15(18)19/h3-8,15H,1-2H2. The van der Waals surface area contributed by atoms with E-state index < -0.39 is 6.61 Å². The smallest absolute Gasteiger partial charge is 0.387 e. The molecule has 134 valence electrons. The zero-order chi connectivity index (χ0) is 18.1. The molecule has 1 aliphatic rings. The molecule has 0 spiro atoms. The topological polar surface area (TPSA) is 73.9 Å². The Labute approximate surface area is 156 Å². The van der Waals surface area contributed by atoms with Gasteiger partial charge in [0.2, 0.25) is 5.89 Å². The van der Waals surface area contributed by atoms with E-state index in [1.54, 1.807) is 18.2 Å². The molecule has 0 saturated heterocycles. The predicted octanol–water partition coefficient (Wildman–Crippen LogP) is 4.81. The summed E-state index contributed by atoms with van der Waals surface area (Å²) >= 11 is 7.23. The number of halogens is 3. The van der Waals surface area contributed by atoms with Crippen molar-refractivity contribution in [3.05, 3.63) is 41.3 Å². The van der Waals surface area contributed by atoms with Crippen LogP contribution in [-0.2, 0) is 0 Å². The molecule has 1 aliphatic carbocycles. The maximum atomic E-state index is 12.2. The first kappa shape index (κ1) is 17.2. The van der Waals surface area contributed by atoms with Crippen LogP contribution in [0, 0.1) is 0 Å². The first-order valence-electron chi connectivity index (χ1n) is 7.68. The van der Waals surface area contributed by atoms with Gasteiger partial charge in [0.05, 0.1) is 0 Å². The summed E-state index contributed by atoms with van der Waals surface area (Å²) in [6.45, 7) is -2.87. The lowest BCUT2D eigenvalue weighted by Crippen LogP contribution is -2.01. The SMILES string of the molecule is FC(F)Oc1ccc(-c2nnc(Sc3cc(Cl)nc(C4CC4)n3)o2)cc1. The Morgan fingerprint density at radius 1 is 1.15 bits per heavy atom. The Bertz CT molecular complexity index is 919. The average molecular weight is 397 g/mol. The van der Waals surface area contributed by atoms with Gasteiger partial charge in [-0.3, -0.25) is 0 Å². The van der Waals surface area contributed by atoms with Gasteiger partial charge in [0.25, 0.3) is 5.22 Å². The Balaban J connectivity index is 1.49. The van der Waals surface area contributed by atoms with Crippen LogP contribution in [0.1, 0.15) is 24.6 Å². The van der Waals surface area contributed by atoms with Crippen molar-refractivity contribution in [2.75, 3.05) is 0 Å². The Morgan fingerprint density at radius 2 is 1.92 bits per heavy atom. The van der Waals surface area contributed by atoms with Gasteiger partial charge in [0.1, 0.15) is 21.8 Å². The molecule has 0 atom stereocenters. The van der Waals surface area contributed by atoms with Gasteiger partial charge < -0.3 is 9.15 Å². The van der Waals surface area contributed by atoms with E-state index in [4.69, 9.17) is 16.0 Å². The molecule has 1 fully saturated rings. The van der Waals surface area contributed by atoms with Crippen molar-refractivity contribution >= 4 is 23.4 Å². The highest BCUT2D eigenvalue weighted by Crippen LogP contribution is 2.39. The second kappa shape index (κ2) is 7.16. The fourth-order valence-corrected chi connectivity index (χ4v) is 3.17. The molecular formula is C16H11ClF2N4O2S. The molecule has 0 N–H and O–H groups in total. The number of rotatable bonds is 6. The lowest BCUT2D eigenvalue weighted by atomic mass is 10.2. The van der Waals surface area contributed by atoms with Crippen molar-refractivity contribution in [3.63, 3.8) is 0 Å². The maximum Gasteiger partial charge on any atom is 0.387 e. The summed E-state index contributed by atoms with van der Waals surface area (Å²) < 4.78 is 34.3. The van der Waals surface area contributed by atoms with Gasteiger partial charge >= 0.3 is 6.61 Å².